The van der Waals surface area contributed by atoms with E-state index in [1.54, 1.807) is 4.68 Å². The van der Waals surface area contributed by atoms with Crippen LogP contribution in [0, 0.1) is 6.92 Å². The van der Waals surface area contributed by atoms with Crippen molar-refractivity contribution in [1.82, 2.24) is 19.3 Å². The third-order valence-electron chi connectivity index (χ3n) is 2.86. The van der Waals surface area contributed by atoms with Gasteiger partial charge in [0.25, 0.3) is 0 Å². The molecule has 0 amide bonds. The zero-order valence-corrected chi connectivity index (χ0v) is 11.4. The molecule has 2 heterocycles. The average molecular weight is 253 g/mol. The van der Waals surface area contributed by atoms with Crippen molar-refractivity contribution in [3.63, 3.8) is 0 Å². The first kappa shape index (κ1) is 12.2. The lowest BCUT2D eigenvalue weighted by Gasteiger charge is -2.10. The lowest BCUT2D eigenvalue weighted by atomic mass is 10.2. The van der Waals surface area contributed by atoms with Crippen LogP contribution in [0.1, 0.15) is 36.8 Å². The summed E-state index contributed by atoms with van der Waals surface area (Å²) in [4.78, 5) is 4.37. The molecule has 17 heavy (non-hydrogen) atoms. The molecular formula is C12H17ClN4. The van der Waals surface area contributed by atoms with Crippen LogP contribution < -0.4 is 0 Å². The van der Waals surface area contributed by atoms with Gasteiger partial charge < -0.3 is 4.57 Å². The van der Waals surface area contributed by atoms with Gasteiger partial charge in [-0.15, -0.1) is 0 Å². The van der Waals surface area contributed by atoms with Crippen LogP contribution >= 0.6 is 11.6 Å². The Balaban J connectivity index is 2.35. The van der Waals surface area contributed by atoms with Gasteiger partial charge in [0.1, 0.15) is 11.0 Å². The fraction of sp³-hybridized carbons (Fsp3) is 0.500. The second-order valence-corrected chi connectivity index (χ2v) is 4.90. The van der Waals surface area contributed by atoms with E-state index < -0.39 is 0 Å². The summed E-state index contributed by atoms with van der Waals surface area (Å²) >= 11 is 6.23. The summed E-state index contributed by atoms with van der Waals surface area (Å²) in [6.07, 6.45) is 3.81. The largest absolute Gasteiger partial charge is 0.330 e. The SMILES string of the molecule is Cc1nn(C)c(Cl)c1Cn1ccnc1C(C)C. The molecule has 0 unspecified atom stereocenters. The van der Waals surface area contributed by atoms with Gasteiger partial charge in [0, 0.05) is 30.9 Å². The monoisotopic (exact) mass is 252 g/mol. The Kier molecular flexibility index (Phi) is 3.24. The average Bonchev–Trinajstić information content (AvgIpc) is 2.80. The molecule has 0 N–H and O–H groups in total. The van der Waals surface area contributed by atoms with E-state index in [1.165, 1.54) is 0 Å². The second kappa shape index (κ2) is 4.53. The van der Waals surface area contributed by atoms with E-state index in [4.69, 9.17) is 11.6 Å². The lowest BCUT2D eigenvalue weighted by molar-refractivity contribution is 0.668. The van der Waals surface area contributed by atoms with Gasteiger partial charge in [0.05, 0.1) is 12.2 Å². The Labute approximate surface area is 106 Å². The number of rotatable bonds is 3. The third kappa shape index (κ3) is 2.22. The van der Waals surface area contributed by atoms with Crippen LogP contribution in [0.15, 0.2) is 12.4 Å². The van der Waals surface area contributed by atoms with E-state index in [0.29, 0.717) is 11.1 Å². The maximum atomic E-state index is 6.23. The first-order valence-corrected chi connectivity index (χ1v) is 6.07. The number of halogens is 1. The van der Waals surface area contributed by atoms with Crippen LogP contribution in [-0.2, 0) is 13.6 Å². The van der Waals surface area contributed by atoms with Crippen molar-refractivity contribution in [2.24, 2.45) is 7.05 Å². The molecule has 2 rings (SSSR count). The fourth-order valence-electron chi connectivity index (χ4n) is 1.98. The summed E-state index contributed by atoms with van der Waals surface area (Å²) in [6, 6.07) is 0. The van der Waals surface area contributed by atoms with Gasteiger partial charge in [0.2, 0.25) is 0 Å². The number of hydrogen-bond acceptors (Lipinski definition) is 2. The molecule has 0 radical (unpaired) electrons. The number of aromatic nitrogens is 4. The Morgan fingerprint density at radius 1 is 1.41 bits per heavy atom. The number of aryl methyl sites for hydroxylation is 2. The van der Waals surface area contributed by atoms with E-state index in [0.717, 1.165) is 23.6 Å². The van der Waals surface area contributed by atoms with Crippen LogP contribution in [0.25, 0.3) is 0 Å². The molecule has 0 spiro atoms. The highest BCUT2D eigenvalue weighted by Gasteiger charge is 2.14. The van der Waals surface area contributed by atoms with Gasteiger partial charge in [-0.05, 0) is 6.92 Å². The van der Waals surface area contributed by atoms with Crippen molar-refractivity contribution in [2.45, 2.75) is 33.2 Å². The van der Waals surface area contributed by atoms with Crippen LogP contribution in [0.4, 0.5) is 0 Å². The number of nitrogens with zero attached hydrogens (tertiary/aromatic N) is 4. The van der Waals surface area contributed by atoms with Crippen LogP contribution in [-0.4, -0.2) is 19.3 Å². The van der Waals surface area contributed by atoms with E-state index >= 15 is 0 Å². The molecule has 0 atom stereocenters. The molecule has 0 saturated heterocycles. The van der Waals surface area contributed by atoms with Gasteiger partial charge in [-0.25, -0.2) is 4.98 Å². The topological polar surface area (TPSA) is 35.6 Å². The van der Waals surface area contributed by atoms with Crippen molar-refractivity contribution in [2.75, 3.05) is 0 Å². The minimum Gasteiger partial charge on any atom is -0.330 e. The van der Waals surface area contributed by atoms with Gasteiger partial charge in [-0.3, -0.25) is 4.68 Å². The minimum absolute atomic E-state index is 0.403. The Hall–Kier alpha value is -1.29. The molecule has 0 aliphatic rings. The molecule has 92 valence electrons. The fourth-order valence-corrected chi connectivity index (χ4v) is 2.21. The summed E-state index contributed by atoms with van der Waals surface area (Å²) in [5.41, 5.74) is 2.04. The van der Waals surface area contributed by atoms with Crippen LogP contribution in [0.5, 0.6) is 0 Å². The van der Waals surface area contributed by atoms with Gasteiger partial charge in [0.15, 0.2) is 0 Å². The molecule has 4 nitrogen and oxygen atoms in total. The summed E-state index contributed by atoms with van der Waals surface area (Å²) in [7, 11) is 1.86. The second-order valence-electron chi connectivity index (χ2n) is 4.55. The highest BCUT2D eigenvalue weighted by Crippen LogP contribution is 2.21. The smallest absolute Gasteiger partial charge is 0.131 e. The van der Waals surface area contributed by atoms with E-state index in [1.807, 2.05) is 26.4 Å². The molecule has 0 bridgehead atoms. The normalized spacial score (nSPS) is 11.4. The van der Waals surface area contributed by atoms with Gasteiger partial charge in [-0.2, -0.15) is 5.10 Å². The van der Waals surface area contributed by atoms with Crippen molar-refractivity contribution >= 4 is 11.6 Å². The predicted octanol–water partition coefficient (Wildman–Crippen LogP) is 2.75. The lowest BCUT2D eigenvalue weighted by Crippen LogP contribution is -2.06. The van der Waals surface area contributed by atoms with Crippen molar-refractivity contribution in [3.8, 4) is 0 Å². The molecule has 5 heteroatoms. The molecule has 0 fully saturated rings. The maximum absolute atomic E-state index is 6.23. The minimum atomic E-state index is 0.403. The maximum Gasteiger partial charge on any atom is 0.131 e. The molecule has 0 saturated carbocycles. The van der Waals surface area contributed by atoms with E-state index in [9.17, 15) is 0 Å². The molecular weight excluding hydrogens is 236 g/mol. The van der Waals surface area contributed by atoms with Crippen LogP contribution in [0.3, 0.4) is 0 Å². The quantitative estimate of drug-likeness (QED) is 0.842. The van der Waals surface area contributed by atoms with Gasteiger partial charge in [-0.1, -0.05) is 25.4 Å². The summed E-state index contributed by atoms with van der Waals surface area (Å²) in [5.74, 6) is 1.48. The predicted molar refractivity (Wildman–Crippen MR) is 68.4 cm³/mol. The van der Waals surface area contributed by atoms with Crippen molar-refractivity contribution in [3.05, 3.63) is 34.6 Å². The highest BCUT2D eigenvalue weighted by molar-refractivity contribution is 6.30. The third-order valence-corrected chi connectivity index (χ3v) is 3.34. The zero-order chi connectivity index (χ0) is 12.6. The Morgan fingerprint density at radius 3 is 2.65 bits per heavy atom. The molecule has 2 aromatic rings. The van der Waals surface area contributed by atoms with E-state index in [-0.39, 0.29) is 0 Å². The first-order chi connectivity index (χ1) is 8.00. The molecule has 2 aromatic heterocycles. The van der Waals surface area contributed by atoms with Crippen LogP contribution in [0.2, 0.25) is 5.15 Å². The Bertz CT molecular complexity index is 525. The summed E-state index contributed by atoms with van der Waals surface area (Å²) in [5, 5.41) is 5.02. The highest BCUT2D eigenvalue weighted by atomic mass is 35.5. The zero-order valence-electron chi connectivity index (χ0n) is 10.6. The standard InChI is InChI=1S/C12H17ClN4/c1-8(2)12-14-5-6-17(12)7-10-9(3)15-16(4)11(10)13/h5-6,8H,7H2,1-4H3. The van der Waals surface area contributed by atoms with E-state index in [2.05, 4.69) is 28.5 Å². The molecule has 0 aliphatic heterocycles. The molecule has 0 aliphatic carbocycles. The summed E-state index contributed by atoms with van der Waals surface area (Å²) in [6.45, 7) is 6.98. The van der Waals surface area contributed by atoms with Gasteiger partial charge >= 0.3 is 0 Å². The number of hydrogen-bond donors (Lipinski definition) is 0. The molecule has 0 aromatic carbocycles. The summed E-state index contributed by atoms with van der Waals surface area (Å²) < 4.78 is 3.83. The number of imidazole rings is 1. The van der Waals surface area contributed by atoms with Crippen molar-refractivity contribution < 1.29 is 0 Å². The van der Waals surface area contributed by atoms with Crippen molar-refractivity contribution in [1.29, 1.82) is 0 Å². The Morgan fingerprint density at radius 2 is 2.12 bits per heavy atom. The first-order valence-electron chi connectivity index (χ1n) is 5.69.